The molecule has 0 radical (unpaired) electrons. The summed E-state index contributed by atoms with van der Waals surface area (Å²) in [4.78, 5) is 48.8. The first-order chi connectivity index (χ1) is 22.8. The molecule has 2 amide bonds. The van der Waals surface area contributed by atoms with Crippen LogP contribution in [-0.4, -0.2) is 82.1 Å². The SMILES string of the molecule is CC1(C)COC(=O)[C@@H]2CCCN(N2)C(=O)C(NC(=O)OC(C)(C)C)Cc2nc(cs2)-c2ccc3[nH]c(B4OC(C)(C)C(C)(C)O4)c(c3c2)C1. The van der Waals surface area contributed by atoms with Crippen molar-refractivity contribution in [3.63, 3.8) is 0 Å². The van der Waals surface area contributed by atoms with Crippen molar-refractivity contribution in [3.8, 4) is 11.3 Å². The lowest BCUT2D eigenvalue weighted by Crippen LogP contribution is -2.60. The standard InChI is InChI=1S/C35H48BN5O7S/c1-32(2,3)46-31(44)39-25-16-27-37-26(18-49-27)20-12-13-23-21(15-20)22(28(38-23)36-47-34(6,7)35(8,9)48-36)17-33(4,5)19-45-30(43)24-11-10-14-41(40-24)29(25)42/h12-13,15,18,24-25,38,40H,10-11,14,16-17,19H2,1-9H3,(H,39,44)/t24-,25?/m0/s1. The lowest BCUT2D eigenvalue weighted by atomic mass is 9.76. The number of alkyl carbamates (subject to hydrolysis) is 1. The molecule has 0 spiro atoms. The number of carbonyl (C=O) groups is 3. The number of cyclic esters (lactones) is 1. The lowest BCUT2D eigenvalue weighted by Gasteiger charge is -2.35. The van der Waals surface area contributed by atoms with Crippen LogP contribution < -0.4 is 16.3 Å². The summed E-state index contributed by atoms with van der Waals surface area (Å²) in [5.41, 5.74) is 5.29. The number of aromatic amines is 1. The van der Waals surface area contributed by atoms with E-state index in [-0.39, 0.29) is 18.9 Å². The zero-order valence-corrected chi connectivity index (χ0v) is 30.8. The third-order valence-electron chi connectivity index (χ3n) is 9.64. The molecule has 6 rings (SSSR count). The maximum atomic E-state index is 13.9. The third kappa shape index (κ3) is 7.52. The van der Waals surface area contributed by atoms with E-state index in [0.717, 1.165) is 33.3 Å². The van der Waals surface area contributed by atoms with Gasteiger partial charge in [-0.15, -0.1) is 11.3 Å². The van der Waals surface area contributed by atoms with Crippen molar-refractivity contribution in [2.24, 2.45) is 5.41 Å². The Balaban J connectivity index is 1.41. The molecule has 3 N–H and O–H groups in total. The Hall–Kier alpha value is -3.46. The van der Waals surface area contributed by atoms with Crippen molar-refractivity contribution in [3.05, 3.63) is 34.2 Å². The quantitative estimate of drug-likeness (QED) is 0.258. The van der Waals surface area contributed by atoms with Gasteiger partial charge in [0.05, 0.1) is 28.5 Å². The Labute approximate surface area is 292 Å². The van der Waals surface area contributed by atoms with Crippen LogP contribution in [0.2, 0.25) is 0 Å². The van der Waals surface area contributed by atoms with Crippen LogP contribution in [0.15, 0.2) is 23.6 Å². The van der Waals surface area contributed by atoms with E-state index < -0.39 is 53.5 Å². The van der Waals surface area contributed by atoms with Crippen LogP contribution in [-0.2, 0) is 41.2 Å². The third-order valence-corrected chi connectivity index (χ3v) is 10.5. The number of hydrogen-bond acceptors (Lipinski definition) is 10. The minimum absolute atomic E-state index is 0.147. The number of H-pyrrole nitrogens is 1. The van der Waals surface area contributed by atoms with Crippen molar-refractivity contribution in [2.45, 2.75) is 117 Å². The number of amides is 2. The molecule has 1 unspecified atom stereocenters. The molecule has 3 aromatic rings. The zero-order chi connectivity index (χ0) is 35.5. The summed E-state index contributed by atoms with van der Waals surface area (Å²) >= 11 is 1.42. The fraction of sp³-hybridized carbons (Fsp3) is 0.600. The van der Waals surface area contributed by atoms with Crippen LogP contribution in [0, 0.1) is 5.41 Å². The molecule has 264 valence electrons. The minimum atomic E-state index is -0.977. The van der Waals surface area contributed by atoms with Gasteiger partial charge in [-0.3, -0.25) is 14.6 Å². The van der Waals surface area contributed by atoms with Crippen LogP contribution in [0.25, 0.3) is 22.2 Å². The van der Waals surface area contributed by atoms with Crippen LogP contribution in [0.4, 0.5) is 4.79 Å². The smallest absolute Gasteiger partial charge is 0.464 e. The maximum Gasteiger partial charge on any atom is 0.512 e. The normalized spacial score (nSPS) is 24.0. The number of benzene rings is 1. The molecule has 1 aromatic carbocycles. The predicted octanol–water partition coefficient (Wildman–Crippen LogP) is 4.65. The topological polar surface area (TPSA) is 144 Å². The average Bonchev–Trinajstić information content (AvgIpc) is 3.67. The molecule has 2 fully saturated rings. The molecule has 2 aromatic heterocycles. The number of aromatic nitrogens is 2. The van der Waals surface area contributed by atoms with E-state index >= 15 is 0 Å². The van der Waals surface area contributed by atoms with E-state index in [2.05, 4.69) is 35.6 Å². The van der Waals surface area contributed by atoms with Gasteiger partial charge >= 0.3 is 19.2 Å². The van der Waals surface area contributed by atoms with Gasteiger partial charge in [0.2, 0.25) is 0 Å². The monoisotopic (exact) mass is 693 g/mol. The second-order valence-electron chi connectivity index (χ2n) is 16.2. The van der Waals surface area contributed by atoms with Crippen molar-refractivity contribution >= 4 is 52.9 Å². The van der Waals surface area contributed by atoms with Crippen LogP contribution in [0.3, 0.4) is 0 Å². The Morgan fingerprint density at radius 2 is 1.84 bits per heavy atom. The fourth-order valence-corrected chi connectivity index (χ4v) is 7.19. The van der Waals surface area contributed by atoms with Gasteiger partial charge in [0.1, 0.15) is 17.7 Å². The van der Waals surface area contributed by atoms with Gasteiger partial charge in [-0.2, -0.15) is 0 Å². The summed E-state index contributed by atoms with van der Waals surface area (Å²) in [6.45, 7) is 18.1. The second kappa shape index (κ2) is 12.7. The Kier molecular flexibility index (Phi) is 9.17. The second-order valence-corrected chi connectivity index (χ2v) is 17.1. The fourth-order valence-electron chi connectivity index (χ4n) is 6.34. The van der Waals surface area contributed by atoms with Crippen molar-refractivity contribution in [1.82, 2.24) is 25.7 Å². The van der Waals surface area contributed by atoms with Crippen molar-refractivity contribution in [1.29, 1.82) is 0 Å². The van der Waals surface area contributed by atoms with Crippen molar-refractivity contribution < 1.29 is 33.2 Å². The molecule has 49 heavy (non-hydrogen) atoms. The van der Waals surface area contributed by atoms with Gasteiger partial charge in [0.15, 0.2) is 0 Å². The Bertz CT molecular complexity index is 1740. The number of thiazole rings is 1. The molecule has 14 heteroatoms. The van der Waals surface area contributed by atoms with E-state index in [4.69, 9.17) is 23.8 Å². The van der Waals surface area contributed by atoms with Gasteiger partial charge in [-0.05, 0) is 85.4 Å². The summed E-state index contributed by atoms with van der Waals surface area (Å²) in [7, 11) is -0.609. The molecule has 6 bridgehead atoms. The predicted molar refractivity (Wildman–Crippen MR) is 188 cm³/mol. The van der Waals surface area contributed by atoms with Gasteiger partial charge in [0.25, 0.3) is 5.91 Å². The van der Waals surface area contributed by atoms with Crippen LogP contribution >= 0.6 is 11.3 Å². The maximum absolute atomic E-state index is 13.9. The van der Waals surface area contributed by atoms with E-state index in [1.165, 1.54) is 16.3 Å². The molecular weight excluding hydrogens is 645 g/mol. The number of ether oxygens (including phenoxy) is 2. The molecular formula is C35H48BN5O7S. The summed E-state index contributed by atoms with van der Waals surface area (Å²) in [6.07, 6.45) is 1.12. The number of esters is 1. The van der Waals surface area contributed by atoms with E-state index in [1.54, 1.807) is 20.8 Å². The van der Waals surface area contributed by atoms with Crippen LogP contribution in [0.1, 0.15) is 85.7 Å². The van der Waals surface area contributed by atoms with Crippen molar-refractivity contribution in [2.75, 3.05) is 13.2 Å². The number of hydrazine groups is 1. The number of carbonyl (C=O) groups excluding carboxylic acids is 3. The zero-order valence-electron chi connectivity index (χ0n) is 29.9. The largest absolute Gasteiger partial charge is 0.512 e. The minimum Gasteiger partial charge on any atom is -0.464 e. The van der Waals surface area contributed by atoms with Gasteiger partial charge in [-0.25, -0.2) is 15.2 Å². The molecule has 12 nitrogen and oxygen atoms in total. The lowest BCUT2D eigenvalue weighted by molar-refractivity contribution is -0.155. The summed E-state index contributed by atoms with van der Waals surface area (Å²) in [5, 5.41) is 7.81. The van der Waals surface area contributed by atoms with E-state index in [9.17, 15) is 14.4 Å². The van der Waals surface area contributed by atoms with E-state index in [0.29, 0.717) is 30.8 Å². The number of hydrogen-bond donors (Lipinski definition) is 3. The van der Waals surface area contributed by atoms with E-state index in [1.807, 2.05) is 45.2 Å². The molecule has 0 aliphatic carbocycles. The first kappa shape index (κ1) is 35.4. The molecule has 3 aliphatic rings. The summed E-state index contributed by atoms with van der Waals surface area (Å²) in [6, 6.07) is 4.47. The molecule has 2 saturated heterocycles. The Morgan fingerprint density at radius 3 is 2.53 bits per heavy atom. The van der Waals surface area contributed by atoms with Gasteiger partial charge in [0, 0.05) is 45.8 Å². The number of nitrogens with one attached hydrogen (secondary N) is 3. The average molecular weight is 694 g/mol. The number of rotatable bonds is 2. The highest BCUT2D eigenvalue weighted by Gasteiger charge is 2.53. The highest BCUT2D eigenvalue weighted by atomic mass is 32.1. The van der Waals surface area contributed by atoms with Crippen LogP contribution in [0.5, 0.6) is 0 Å². The van der Waals surface area contributed by atoms with Gasteiger partial charge in [-0.1, -0.05) is 19.9 Å². The number of fused-ring (bicyclic) bond motifs is 6. The first-order valence-corrected chi connectivity index (χ1v) is 17.9. The highest BCUT2D eigenvalue weighted by Crippen LogP contribution is 2.38. The van der Waals surface area contributed by atoms with Gasteiger partial charge < -0.3 is 29.1 Å². The molecule has 0 saturated carbocycles. The summed E-state index contributed by atoms with van der Waals surface area (Å²) < 4.78 is 24.4. The Morgan fingerprint density at radius 1 is 1.12 bits per heavy atom. The molecule has 2 atom stereocenters. The first-order valence-electron chi connectivity index (χ1n) is 17.0. The molecule has 3 aliphatic heterocycles. The number of nitrogens with zero attached hydrogens (tertiary/aromatic N) is 2. The summed E-state index contributed by atoms with van der Waals surface area (Å²) in [5.74, 6) is -0.810. The highest BCUT2D eigenvalue weighted by molar-refractivity contribution is 7.10. The molecule has 5 heterocycles.